The van der Waals surface area contributed by atoms with Crippen molar-refractivity contribution in [2.75, 3.05) is 0 Å². The zero-order valence-corrected chi connectivity index (χ0v) is 10.4. The number of hydrogen-bond donors (Lipinski definition) is 1. The van der Waals surface area contributed by atoms with E-state index in [4.69, 9.17) is 4.52 Å². The highest BCUT2D eigenvalue weighted by molar-refractivity contribution is 5.14. The molecule has 0 radical (unpaired) electrons. The number of aliphatic hydroxyl groups excluding tert-OH is 1. The second kappa shape index (κ2) is 4.57. The Hall–Kier alpha value is -1.62. The van der Waals surface area contributed by atoms with Gasteiger partial charge in [-0.2, -0.15) is 4.98 Å². The Labute approximate surface area is 105 Å². The lowest BCUT2D eigenvalue weighted by atomic mass is 10.1. The summed E-state index contributed by atoms with van der Waals surface area (Å²) in [6.07, 6.45) is 6.53. The van der Waals surface area contributed by atoms with Crippen LogP contribution in [0.1, 0.15) is 55.5 Å². The van der Waals surface area contributed by atoms with E-state index in [2.05, 4.69) is 10.1 Å². The topological polar surface area (TPSA) is 64.1 Å². The molecule has 1 saturated carbocycles. The van der Waals surface area contributed by atoms with E-state index < -0.39 is 6.10 Å². The van der Waals surface area contributed by atoms with E-state index in [0.29, 0.717) is 18.4 Å². The van der Waals surface area contributed by atoms with Crippen molar-refractivity contribution in [3.63, 3.8) is 0 Å². The predicted octanol–water partition coefficient (Wildman–Crippen LogP) is 2.24. The summed E-state index contributed by atoms with van der Waals surface area (Å²) < 4.78 is 7.18. The molecular weight excluding hydrogens is 230 g/mol. The Bertz CT molecular complexity index is 528. The maximum Gasteiger partial charge on any atom is 0.246 e. The minimum Gasteiger partial charge on any atom is -0.388 e. The smallest absolute Gasteiger partial charge is 0.246 e. The molecule has 1 aliphatic carbocycles. The number of hydrogen-bond acceptors (Lipinski definition) is 4. The molecule has 96 valence electrons. The van der Waals surface area contributed by atoms with Gasteiger partial charge in [-0.05, 0) is 30.9 Å². The molecule has 1 atom stereocenters. The van der Waals surface area contributed by atoms with Gasteiger partial charge in [0.2, 0.25) is 5.89 Å². The van der Waals surface area contributed by atoms with Gasteiger partial charge in [-0.25, -0.2) is 0 Å². The molecule has 1 aliphatic rings. The zero-order chi connectivity index (χ0) is 12.5. The van der Waals surface area contributed by atoms with Crippen LogP contribution in [0.4, 0.5) is 0 Å². The molecule has 1 unspecified atom stereocenters. The van der Waals surface area contributed by atoms with E-state index in [1.807, 2.05) is 30.0 Å². The van der Waals surface area contributed by atoms with Gasteiger partial charge in [0, 0.05) is 18.3 Å². The van der Waals surface area contributed by atoms with Crippen molar-refractivity contribution in [2.45, 2.75) is 44.8 Å². The first-order chi connectivity index (χ1) is 8.76. The van der Waals surface area contributed by atoms with Gasteiger partial charge in [-0.1, -0.05) is 12.1 Å². The summed E-state index contributed by atoms with van der Waals surface area (Å²) in [6, 6.07) is 1.92. The highest BCUT2D eigenvalue weighted by atomic mass is 16.5. The molecule has 18 heavy (non-hydrogen) atoms. The Kier molecular flexibility index (Phi) is 2.91. The van der Waals surface area contributed by atoms with E-state index in [9.17, 15) is 5.11 Å². The van der Waals surface area contributed by atoms with Gasteiger partial charge in [0.05, 0.1) is 6.10 Å². The van der Waals surface area contributed by atoms with E-state index in [1.54, 1.807) is 0 Å². The average Bonchev–Trinajstić information content (AvgIpc) is 2.96. The van der Waals surface area contributed by atoms with Crippen LogP contribution < -0.4 is 0 Å². The van der Waals surface area contributed by atoms with Gasteiger partial charge in [-0.3, -0.25) is 0 Å². The standard InChI is InChI=1S/C13H17N3O2/c1-2-11(17)10-5-6-16(7-10)8-12-14-13(15-18-12)9-3-4-9/h5-7,9,11,17H,2-4,8H2,1H3. The number of aromatic nitrogens is 3. The molecule has 0 bridgehead atoms. The summed E-state index contributed by atoms with van der Waals surface area (Å²) in [5, 5.41) is 13.7. The fourth-order valence-electron chi connectivity index (χ4n) is 1.99. The molecule has 0 aromatic carbocycles. The van der Waals surface area contributed by atoms with Crippen LogP contribution in [0.5, 0.6) is 0 Å². The molecular formula is C13H17N3O2. The Morgan fingerprint density at radius 1 is 1.56 bits per heavy atom. The van der Waals surface area contributed by atoms with Gasteiger partial charge in [0.15, 0.2) is 5.82 Å². The molecule has 1 N–H and O–H groups in total. The predicted molar refractivity (Wildman–Crippen MR) is 65.1 cm³/mol. The summed E-state index contributed by atoms with van der Waals surface area (Å²) in [4.78, 5) is 4.38. The molecule has 0 aliphatic heterocycles. The third-order valence-corrected chi connectivity index (χ3v) is 3.29. The maximum absolute atomic E-state index is 9.73. The fourth-order valence-corrected chi connectivity index (χ4v) is 1.99. The average molecular weight is 247 g/mol. The highest BCUT2D eigenvalue weighted by Crippen LogP contribution is 2.38. The van der Waals surface area contributed by atoms with Gasteiger partial charge in [-0.15, -0.1) is 0 Å². The van der Waals surface area contributed by atoms with E-state index >= 15 is 0 Å². The van der Waals surface area contributed by atoms with Crippen LogP contribution in [0.2, 0.25) is 0 Å². The lowest BCUT2D eigenvalue weighted by molar-refractivity contribution is 0.173. The van der Waals surface area contributed by atoms with Gasteiger partial charge in [0.25, 0.3) is 0 Å². The van der Waals surface area contributed by atoms with Gasteiger partial charge >= 0.3 is 0 Å². The van der Waals surface area contributed by atoms with Crippen molar-refractivity contribution in [1.82, 2.24) is 14.7 Å². The van der Waals surface area contributed by atoms with Crippen LogP contribution in [0, 0.1) is 0 Å². The Balaban J connectivity index is 1.69. The van der Waals surface area contributed by atoms with Crippen LogP contribution >= 0.6 is 0 Å². The van der Waals surface area contributed by atoms with Crippen LogP contribution in [0.25, 0.3) is 0 Å². The third kappa shape index (κ3) is 2.31. The first-order valence-electron chi connectivity index (χ1n) is 6.42. The summed E-state index contributed by atoms with van der Waals surface area (Å²) >= 11 is 0. The second-order valence-corrected chi connectivity index (χ2v) is 4.86. The van der Waals surface area contributed by atoms with Crippen molar-refractivity contribution in [3.05, 3.63) is 35.7 Å². The van der Waals surface area contributed by atoms with E-state index in [1.165, 1.54) is 12.8 Å². The quantitative estimate of drug-likeness (QED) is 0.880. The van der Waals surface area contributed by atoms with Crippen LogP contribution in [0.3, 0.4) is 0 Å². The van der Waals surface area contributed by atoms with E-state index in [0.717, 1.165) is 17.8 Å². The number of aliphatic hydroxyl groups is 1. The maximum atomic E-state index is 9.73. The van der Waals surface area contributed by atoms with Crippen LogP contribution in [0.15, 0.2) is 23.0 Å². The minimum absolute atomic E-state index is 0.393. The fraction of sp³-hybridized carbons (Fsp3) is 0.538. The summed E-state index contributed by atoms with van der Waals surface area (Å²) in [5.41, 5.74) is 0.930. The summed E-state index contributed by atoms with van der Waals surface area (Å²) in [6.45, 7) is 2.53. The summed E-state index contributed by atoms with van der Waals surface area (Å²) in [5.74, 6) is 1.99. The van der Waals surface area contributed by atoms with Crippen LogP contribution in [-0.2, 0) is 6.54 Å². The monoisotopic (exact) mass is 247 g/mol. The van der Waals surface area contributed by atoms with Crippen molar-refractivity contribution < 1.29 is 9.63 Å². The normalized spacial score (nSPS) is 17.0. The summed E-state index contributed by atoms with van der Waals surface area (Å²) in [7, 11) is 0. The first kappa shape index (κ1) is 11.5. The molecule has 5 heteroatoms. The Morgan fingerprint density at radius 3 is 3.11 bits per heavy atom. The SMILES string of the molecule is CCC(O)c1ccn(Cc2nc(C3CC3)no2)c1. The first-order valence-corrected chi connectivity index (χ1v) is 6.42. The van der Waals surface area contributed by atoms with Crippen molar-refractivity contribution in [3.8, 4) is 0 Å². The largest absolute Gasteiger partial charge is 0.388 e. The Morgan fingerprint density at radius 2 is 2.39 bits per heavy atom. The van der Waals surface area contributed by atoms with E-state index in [-0.39, 0.29) is 0 Å². The molecule has 2 heterocycles. The zero-order valence-electron chi connectivity index (χ0n) is 10.4. The highest BCUT2D eigenvalue weighted by Gasteiger charge is 2.28. The van der Waals surface area contributed by atoms with Gasteiger partial charge < -0.3 is 14.2 Å². The second-order valence-electron chi connectivity index (χ2n) is 4.86. The number of rotatable bonds is 5. The third-order valence-electron chi connectivity index (χ3n) is 3.29. The molecule has 3 rings (SSSR count). The minimum atomic E-state index is -0.393. The van der Waals surface area contributed by atoms with Crippen molar-refractivity contribution >= 4 is 0 Å². The molecule has 0 spiro atoms. The molecule has 1 fully saturated rings. The van der Waals surface area contributed by atoms with Crippen molar-refractivity contribution in [1.29, 1.82) is 0 Å². The molecule has 0 saturated heterocycles. The lowest BCUT2D eigenvalue weighted by Gasteiger charge is -2.03. The molecule has 0 amide bonds. The molecule has 2 aromatic heterocycles. The van der Waals surface area contributed by atoms with Crippen molar-refractivity contribution in [2.24, 2.45) is 0 Å². The lowest BCUT2D eigenvalue weighted by Crippen LogP contribution is -1.98. The molecule has 5 nitrogen and oxygen atoms in total. The molecule has 2 aromatic rings. The van der Waals surface area contributed by atoms with Crippen LogP contribution in [-0.4, -0.2) is 19.8 Å². The number of nitrogens with zero attached hydrogens (tertiary/aromatic N) is 3. The van der Waals surface area contributed by atoms with Gasteiger partial charge in [0.1, 0.15) is 6.54 Å².